The van der Waals surface area contributed by atoms with E-state index in [0.29, 0.717) is 45.6 Å². The van der Waals surface area contributed by atoms with Gasteiger partial charge in [-0.3, -0.25) is 9.48 Å². The summed E-state index contributed by atoms with van der Waals surface area (Å²) < 4.78 is 28.3. The molecule has 1 saturated carbocycles. The third-order valence-corrected chi connectivity index (χ3v) is 8.74. The van der Waals surface area contributed by atoms with Crippen LogP contribution in [0.3, 0.4) is 0 Å². The Labute approximate surface area is 200 Å². The molecule has 0 radical (unpaired) electrons. The molecule has 1 N–H and O–H groups in total. The van der Waals surface area contributed by atoms with Crippen molar-refractivity contribution in [2.75, 3.05) is 17.3 Å². The Hall–Kier alpha value is -3.39. The molecule has 8 heteroatoms. The number of hydrogen-bond donors (Lipinski definition) is 1. The van der Waals surface area contributed by atoms with E-state index >= 15 is 0 Å². The second-order valence-electron chi connectivity index (χ2n) is 9.22. The van der Waals surface area contributed by atoms with Gasteiger partial charge in [0, 0.05) is 50.8 Å². The number of Topliss-reactive ketones (excluding diaryl/α,β-unsaturated/α-hetero) is 1. The van der Waals surface area contributed by atoms with Gasteiger partial charge in [0.05, 0.1) is 21.2 Å². The number of carbonyl (C=O) groups excluding carboxylic acids is 1. The highest BCUT2D eigenvalue weighted by Gasteiger charge is 2.34. The van der Waals surface area contributed by atoms with Crippen LogP contribution in [0.25, 0.3) is 0 Å². The lowest BCUT2D eigenvalue weighted by atomic mass is 9.85. The maximum Gasteiger partial charge on any atom is 0.210 e. The third kappa shape index (κ3) is 3.92. The molecule has 176 valence electrons. The Morgan fingerprint density at radius 2 is 1.91 bits per heavy atom. The van der Waals surface area contributed by atoms with E-state index < -0.39 is 9.84 Å². The summed E-state index contributed by atoms with van der Waals surface area (Å²) in [4.78, 5) is 14.5. The van der Waals surface area contributed by atoms with Crippen molar-refractivity contribution in [3.63, 3.8) is 0 Å². The van der Waals surface area contributed by atoms with Gasteiger partial charge in [0.15, 0.2) is 5.82 Å². The lowest BCUT2D eigenvalue weighted by Gasteiger charge is -2.31. The number of aromatic nitrogens is 2. The highest BCUT2D eigenvalue weighted by atomic mass is 32.2. The van der Waals surface area contributed by atoms with Crippen LogP contribution >= 0.6 is 0 Å². The van der Waals surface area contributed by atoms with Crippen molar-refractivity contribution in [1.82, 2.24) is 9.78 Å². The Bertz CT molecular complexity index is 1390. The number of fused-ring (bicyclic) bond motifs is 2. The molecule has 0 saturated heterocycles. The van der Waals surface area contributed by atoms with Gasteiger partial charge >= 0.3 is 0 Å². The van der Waals surface area contributed by atoms with E-state index in [2.05, 4.69) is 17.0 Å². The molecule has 1 aliphatic carbocycles. The first-order valence-electron chi connectivity index (χ1n) is 11.4. The lowest BCUT2D eigenvalue weighted by Crippen LogP contribution is -2.23. The molecular formula is C26H28N4O3S. The molecule has 0 amide bonds. The van der Waals surface area contributed by atoms with E-state index in [-0.39, 0.29) is 11.8 Å². The number of carbonyl (C=O) groups is 1. The predicted molar refractivity (Wildman–Crippen MR) is 132 cm³/mol. The fourth-order valence-corrected chi connectivity index (χ4v) is 6.78. The first-order valence-corrected chi connectivity index (χ1v) is 12.9. The number of para-hydroxylation sites is 1. The van der Waals surface area contributed by atoms with E-state index in [0.717, 1.165) is 24.1 Å². The predicted octanol–water partition coefficient (Wildman–Crippen LogP) is 4.80. The molecule has 0 bridgehead atoms. The normalized spacial score (nSPS) is 19.4. The van der Waals surface area contributed by atoms with Crippen LogP contribution in [0, 0.1) is 5.92 Å². The summed E-state index contributed by atoms with van der Waals surface area (Å²) in [7, 11) is 0.135. The number of anilines is 3. The topological polar surface area (TPSA) is 84.3 Å². The Balaban J connectivity index is 1.53. The van der Waals surface area contributed by atoms with Crippen molar-refractivity contribution in [2.24, 2.45) is 13.0 Å². The second-order valence-corrected chi connectivity index (χ2v) is 11.1. The molecular weight excluding hydrogens is 448 g/mol. The summed E-state index contributed by atoms with van der Waals surface area (Å²) >= 11 is 0. The molecule has 34 heavy (non-hydrogen) atoms. The minimum absolute atomic E-state index is 0.100. The van der Waals surface area contributed by atoms with E-state index in [9.17, 15) is 13.2 Å². The largest absolute Gasteiger partial charge is 0.342 e. The summed E-state index contributed by atoms with van der Waals surface area (Å²) in [6, 6.07) is 14.5. The number of allylic oxidation sites excluding steroid dienone is 1. The van der Waals surface area contributed by atoms with Gasteiger partial charge in [-0.2, -0.15) is 5.10 Å². The van der Waals surface area contributed by atoms with Crippen molar-refractivity contribution in [3.8, 4) is 0 Å². The average molecular weight is 477 g/mol. The number of aryl methyl sites for hydroxylation is 1. The zero-order chi connectivity index (χ0) is 24.0. The summed E-state index contributed by atoms with van der Waals surface area (Å²) in [6.07, 6.45) is 4.70. The minimum Gasteiger partial charge on any atom is -0.342 e. The van der Waals surface area contributed by atoms with Gasteiger partial charge in [0.25, 0.3) is 0 Å². The van der Waals surface area contributed by atoms with E-state index in [4.69, 9.17) is 0 Å². The zero-order valence-electron chi connectivity index (χ0n) is 19.4. The quantitative estimate of drug-likeness (QED) is 0.550. The van der Waals surface area contributed by atoms with Gasteiger partial charge < -0.3 is 10.2 Å². The van der Waals surface area contributed by atoms with Gasteiger partial charge in [-0.05, 0) is 48.6 Å². The molecule has 1 fully saturated rings. The lowest BCUT2D eigenvalue weighted by molar-refractivity contribution is -0.117. The molecule has 2 heterocycles. The fourth-order valence-electron chi connectivity index (χ4n) is 5.09. The maximum absolute atomic E-state index is 13.3. The SMILES string of the molecule is C=C(Nc1ccn(C)n1)C(CC1CCC(=O)C1)c1ccc2c(c1)N(C)c1ccccc1S2(=O)=O. The smallest absolute Gasteiger partial charge is 0.210 e. The molecule has 1 aliphatic heterocycles. The number of hydrogen-bond acceptors (Lipinski definition) is 6. The number of nitrogens with zero attached hydrogens (tertiary/aromatic N) is 3. The maximum atomic E-state index is 13.3. The van der Waals surface area contributed by atoms with Crippen molar-refractivity contribution in [3.05, 3.63) is 72.6 Å². The molecule has 2 atom stereocenters. The van der Waals surface area contributed by atoms with Crippen LogP contribution in [-0.2, 0) is 21.7 Å². The summed E-state index contributed by atoms with van der Waals surface area (Å²) in [6.45, 7) is 4.32. The van der Waals surface area contributed by atoms with Gasteiger partial charge in [-0.15, -0.1) is 0 Å². The highest BCUT2D eigenvalue weighted by molar-refractivity contribution is 7.92. The average Bonchev–Trinajstić information content (AvgIpc) is 3.43. The number of benzene rings is 2. The van der Waals surface area contributed by atoms with Gasteiger partial charge in [0.1, 0.15) is 5.78 Å². The van der Waals surface area contributed by atoms with Crippen LogP contribution in [0.1, 0.15) is 37.2 Å². The summed E-state index contributed by atoms with van der Waals surface area (Å²) in [5, 5.41) is 7.73. The standard InChI is InChI=1S/C26H28N4O3S/c1-17(27-26-12-13-29(2)28-26)21(15-18-8-10-20(31)14-18)19-9-11-25-23(16-19)30(3)22-6-4-5-7-24(22)34(25,32)33/h4-7,9,11-13,16,18,21H,1,8,10,14-15H2,2-3H3,(H,27,28). The second kappa shape index (κ2) is 8.43. The van der Waals surface area contributed by atoms with Crippen LogP contribution in [0.5, 0.6) is 0 Å². The van der Waals surface area contributed by atoms with Gasteiger partial charge in [0.2, 0.25) is 9.84 Å². The first kappa shape index (κ1) is 22.4. The third-order valence-electron chi connectivity index (χ3n) is 6.89. The minimum atomic E-state index is -3.61. The number of sulfone groups is 1. The molecule has 5 rings (SSSR count). The van der Waals surface area contributed by atoms with E-state index in [1.165, 1.54) is 0 Å². The van der Waals surface area contributed by atoms with Crippen molar-refractivity contribution >= 4 is 32.8 Å². The number of rotatable bonds is 6. The van der Waals surface area contributed by atoms with E-state index in [1.807, 2.05) is 55.5 Å². The van der Waals surface area contributed by atoms with Crippen LogP contribution < -0.4 is 10.2 Å². The van der Waals surface area contributed by atoms with Crippen molar-refractivity contribution in [2.45, 2.75) is 41.4 Å². The van der Waals surface area contributed by atoms with Crippen molar-refractivity contribution < 1.29 is 13.2 Å². The molecule has 3 aromatic rings. The van der Waals surface area contributed by atoms with Crippen LogP contribution in [0.2, 0.25) is 0 Å². The van der Waals surface area contributed by atoms with Crippen LogP contribution in [-0.4, -0.2) is 31.0 Å². The number of nitrogens with one attached hydrogen (secondary N) is 1. The fraction of sp³-hybridized carbons (Fsp3) is 0.308. The molecule has 0 spiro atoms. The molecule has 2 aromatic carbocycles. The molecule has 1 aromatic heterocycles. The number of ketones is 1. The van der Waals surface area contributed by atoms with Gasteiger partial charge in [-0.1, -0.05) is 24.8 Å². The first-order chi connectivity index (χ1) is 16.2. The summed E-state index contributed by atoms with van der Waals surface area (Å²) in [5.41, 5.74) is 3.05. The Morgan fingerprint density at radius 1 is 1.15 bits per heavy atom. The molecule has 2 aliphatic rings. The molecule has 7 nitrogen and oxygen atoms in total. The van der Waals surface area contributed by atoms with Crippen LogP contribution in [0.15, 0.2) is 76.8 Å². The van der Waals surface area contributed by atoms with Gasteiger partial charge in [-0.25, -0.2) is 8.42 Å². The highest BCUT2D eigenvalue weighted by Crippen LogP contribution is 2.45. The van der Waals surface area contributed by atoms with Crippen LogP contribution in [0.4, 0.5) is 17.2 Å². The zero-order valence-corrected chi connectivity index (χ0v) is 20.2. The summed E-state index contributed by atoms with van der Waals surface area (Å²) in [5.74, 6) is 1.18. The van der Waals surface area contributed by atoms with Crippen molar-refractivity contribution in [1.29, 1.82) is 0 Å². The monoisotopic (exact) mass is 476 g/mol. The Morgan fingerprint density at radius 3 is 2.62 bits per heavy atom. The molecule has 2 unspecified atom stereocenters. The van der Waals surface area contributed by atoms with E-state index in [1.54, 1.807) is 22.9 Å². The Kier molecular flexibility index (Phi) is 5.56.